The number of ether oxygens (including phenoxy) is 1. The second-order valence-electron chi connectivity index (χ2n) is 5.86. The van der Waals surface area contributed by atoms with Crippen LogP contribution in [0.15, 0.2) is 42.5 Å². The summed E-state index contributed by atoms with van der Waals surface area (Å²) >= 11 is 0. The lowest BCUT2D eigenvalue weighted by Gasteiger charge is -2.14. The van der Waals surface area contributed by atoms with Crippen molar-refractivity contribution in [2.24, 2.45) is 0 Å². The molecule has 2 amide bonds. The van der Waals surface area contributed by atoms with E-state index in [-0.39, 0.29) is 30.6 Å². The summed E-state index contributed by atoms with van der Waals surface area (Å²) in [6.45, 7) is 0. The first-order chi connectivity index (χ1) is 11.9. The molecular weight excluding hydrogens is 354 g/mol. The van der Waals surface area contributed by atoms with Crippen molar-refractivity contribution in [1.82, 2.24) is 4.90 Å². The van der Waals surface area contributed by atoms with Crippen LogP contribution in [0.5, 0.6) is 5.75 Å². The standard InChI is InChI=1S/C19H23N3O3.ClH/c1-22(2)19(24)14-8-10-17(25-3)16(12-14)21-18(23)11-9-13-6-4-5-7-15(13)20;/h4-8,10,12H,9,11,20H2,1-3H3,(H,21,23);1H. The largest absolute Gasteiger partial charge is 0.495 e. The molecule has 0 fully saturated rings. The van der Waals surface area contributed by atoms with Crippen molar-refractivity contribution >= 4 is 35.6 Å². The highest BCUT2D eigenvalue weighted by atomic mass is 35.5. The molecule has 2 aromatic carbocycles. The minimum atomic E-state index is -0.170. The van der Waals surface area contributed by atoms with Gasteiger partial charge in [-0.3, -0.25) is 9.59 Å². The van der Waals surface area contributed by atoms with Crippen molar-refractivity contribution < 1.29 is 14.3 Å². The van der Waals surface area contributed by atoms with Gasteiger partial charge in [0.15, 0.2) is 0 Å². The van der Waals surface area contributed by atoms with Gasteiger partial charge in [0.2, 0.25) is 5.91 Å². The summed E-state index contributed by atoms with van der Waals surface area (Å²) in [4.78, 5) is 25.8. The maximum Gasteiger partial charge on any atom is 0.253 e. The van der Waals surface area contributed by atoms with E-state index >= 15 is 0 Å². The summed E-state index contributed by atoms with van der Waals surface area (Å²) in [5.74, 6) is 0.189. The van der Waals surface area contributed by atoms with Gasteiger partial charge in [-0.25, -0.2) is 0 Å². The molecule has 2 aromatic rings. The quantitative estimate of drug-likeness (QED) is 0.758. The molecule has 0 saturated heterocycles. The SMILES string of the molecule is COc1ccc(C(=O)N(C)C)cc1NC(=O)CCc1ccccc1N.Cl. The third-order valence-electron chi connectivity index (χ3n) is 3.80. The summed E-state index contributed by atoms with van der Waals surface area (Å²) in [5.41, 5.74) is 8.45. The summed E-state index contributed by atoms with van der Waals surface area (Å²) < 4.78 is 5.26. The first kappa shape index (κ1) is 21.3. The smallest absolute Gasteiger partial charge is 0.253 e. The Hall–Kier alpha value is -2.73. The van der Waals surface area contributed by atoms with E-state index in [0.717, 1.165) is 5.56 Å². The number of carbonyl (C=O) groups excluding carboxylic acids is 2. The fourth-order valence-corrected chi connectivity index (χ4v) is 2.42. The number of anilines is 2. The molecule has 0 saturated carbocycles. The topological polar surface area (TPSA) is 84.7 Å². The molecule has 0 aliphatic rings. The van der Waals surface area contributed by atoms with Crippen LogP contribution in [0.4, 0.5) is 11.4 Å². The van der Waals surface area contributed by atoms with E-state index in [0.29, 0.717) is 29.1 Å². The van der Waals surface area contributed by atoms with Crippen molar-refractivity contribution in [2.75, 3.05) is 32.3 Å². The van der Waals surface area contributed by atoms with Gasteiger partial charge in [-0.15, -0.1) is 12.4 Å². The third-order valence-corrected chi connectivity index (χ3v) is 3.80. The summed E-state index contributed by atoms with van der Waals surface area (Å²) in [6.07, 6.45) is 0.820. The van der Waals surface area contributed by atoms with Crippen LogP contribution in [0.3, 0.4) is 0 Å². The molecular formula is C19H24ClN3O3. The number of methoxy groups -OCH3 is 1. The summed E-state index contributed by atoms with van der Waals surface area (Å²) in [6, 6.07) is 12.4. The highest BCUT2D eigenvalue weighted by Gasteiger charge is 2.14. The van der Waals surface area contributed by atoms with E-state index < -0.39 is 0 Å². The zero-order chi connectivity index (χ0) is 18.4. The van der Waals surface area contributed by atoms with Crippen LogP contribution >= 0.6 is 12.4 Å². The number of nitrogen functional groups attached to an aromatic ring is 1. The number of para-hydroxylation sites is 1. The molecule has 26 heavy (non-hydrogen) atoms. The zero-order valence-electron chi connectivity index (χ0n) is 15.1. The highest BCUT2D eigenvalue weighted by molar-refractivity contribution is 5.98. The molecule has 3 N–H and O–H groups in total. The monoisotopic (exact) mass is 377 g/mol. The van der Waals surface area contributed by atoms with Gasteiger partial charge in [0.1, 0.15) is 5.75 Å². The number of nitrogens with zero attached hydrogens (tertiary/aromatic N) is 1. The van der Waals surface area contributed by atoms with Crippen molar-refractivity contribution in [2.45, 2.75) is 12.8 Å². The van der Waals surface area contributed by atoms with Gasteiger partial charge >= 0.3 is 0 Å². The van der Waals surface area contributed by atoms with E-state index in [9.17, 15) is 9.59 Å². The van der Waals surface area contributed by atoms with E-state index in [1.807, 2.05) is 24.3 Å². The van der Waals surface area contributed by atoms with Crippen LogP contribution in [0.1, 0.15) is 22.3 Å². The Bertz CT molecular complexity index is 778. The van der Waals surface area contributed by atoms with Gasteiger partial charge in [0.25, 0.3) is 5.91 Å². The van der Waals surface area contributed by atoms with Crippen LogP contribution in [-0.4, -0.2) is 37.9 Å². The van der Waals surface area contributed by atoms with Crippen molar-refractivity contribution in [3.05, 3.63) is 53.6 Å². The molecule has 0 radical (unpaired) electrons. The minimum absolute atomic E-state index is 0. The van der Waals surface area contributed by atoms with E-state index in [1.54, 1.807) is 32.3 Å². The van der Waals surface area contributed by atoms with Gasteiger partial charge < -0.3 is 20.7 Å². The minimum Gasteiger partial charge on any atom is -0.495 e. The first-order valence-corrected chi connectivity index (χ1v) is 7.95. The van der Waals surface area contributed by atoms with Crippen LogP contribution in [0, 0.1) is 0 Å². The van der Waals surface area contributed by atoms with E-state index in [1.165, 1.54) is 12.0 Å². The average molecular weight is 378 g/mol. The molecule has 0 unspecified atom stereocenters. The molecule has 140 valence electrons. The van der Waals surface area contributed by atoms with E-state index in [2.05, 4.69) is 5.32 Å². The Balaban J connectivity index is 0.00000338. The number of rotatable bonds is 6. The van der Waals surface area contributed by atoms with Crippen LogP contribution in [-0.2, 0) is 11.2 Å². The number of benzene rings is 2. The van der Waals surface area contributed by atoms with Gasteiger partial charge in [-0.05, 0) is 36.2 Å². The fraction of sp³-hybridized carbons (Fsp3) is 0.263. The van der Waals surface area contributed by atoms with Crippen molar-refractivity contribution in [3.8, 4) is 5.75 Å². The highest BCUT2D eigenvalue weighted by Crippen LogP contribution is 2.26. The van der Waals surface area contributed by atoms with Crippen molar-refractivity contribution in [3.63, 3.8) is 0 Å². The molecule has 0 spiro atoms. The lowest BCUT2D eigenvalue weighted by molar-refractivity contribution is -0.116. The predicted octanol–water partition coefficient (Wildman–Crippen LogP) is 2.97. The fourth-order valence-electron chi connectivity index (χ4n) is 2.42. The lowest BCUT2D eigenvalue weighted by Crippen LogP contribution is -2.22. The number of nitrogens with two attached hydrogens (primary N) is 1. The van der Waals surface area contributed by atoms with Crippen LogP contribution < -0.4 is 15.8 Å². The second-order valence-corrected chi connectivity index (χ2v) is 5.86. The third kappa shape index (κ3) is 5.39. The van der Waals surface area contributed by atoms with Crippen LogP contribution in [0.2, 0.25) is 0 Å². The summed E-state index contributed by atoms with van der Waals surface area (Å²) in [5, 5.41) is 2.81. The average Bonchev–Trinajstić information content (AvgIpc) is 2.60. The molecule has 0 heterocycles. The second kappa shape index (κ2) is 9.68. The maximum atomic E-state index is 12.3. The zero-order valence-corrected chi connectivity index (χ0v) is 15.9. The molecule has 7 heteroatoms. The molecule has 2 rings (SSSR count). The number of hydrogen-bond donors (Lipinski definition) is 2. The Labute approximate surface area is 159 Å². The molecule has 0 aliphatic carbocycles. The Morgan fingerprint density at radius 3 is 2.46 bits per heavy atom. The number of halogens is 1. The maximum absolute atomic E-state index is 12.3. The molecule has 0 aliphatic heterocycles. The number of nitrogens with one attached hydrogen (secondary N) is 1. The normalized spacial score (nSPS) is 9.81. The molecule has 0 bridgehead atoms. The molecule has 0 aromatic heterocycles. The van der Waals surface area contributed by atoms with Gasteiger partial charge in [0.05, 0.1) is 12.8 Å². The predicted molar refractivity (Wildman–Crippen MR) is 106 cm³/mol. The Kier molecular flexibility index (Phi) is 7.93. The van der Waals surface area contributed by atoms with Gasteiger partial charge in [-0.2, -0.15) is 0 Å². The molecule has 6 nitrogen and oxygen atoms in total. The number of carbonyl (C=O) groups is 2. The Morgan fingerprint density at radius 1 is 1.15 bits per heavy atom. The molecule has 0 atom stereocenters. The van der Waals surface area contributed by atoms with Gasteiger partial charge in [0, 0.05) is 31.8 Å². The number of hydrogen-bond acceptors (Lipinski definition) is 4. The van der Waals surface area contributed by atoms with Crippen molar-refractivity contribution in [1.29, 1.82) is 0 Å². The van der Waals surface area contributed by atoms with E-state index in [4.69, 9.17) is 10.5 Å². The lowest BCUT2D eigenvalue weighted by atomic mass is 10.1. The van der Waals surface area contributed by atoms with Gasteiger partial charge in [-0.1, -0.05) is 18.2 Å². The number of aryl methyl sites for hydroxylation is 1. The van der Waals surface area contributed by atoms with Crippen LogP contribution in [0.25, 0.3) is 0 Å². The Morgan fingerprint density at radius 2 is 1.85 bits per heavy atom. The first-order valence-electron chi connectivity index (χ1n) is 7.95. The summed E-state index contributed by atoms with van der Waals surface area (Å²) in [7, 11) is 4.87. The number of amides is 2.